The van der Waals surface area contributed by atoms with Crippen LogP contribution >= 0.6 is 0 Å². The van der Waals surface area contributed by atoms with Crippen molar-refractivity contribution in [2.75, 3.05) is 9.13 Å². The van der Waals surface area contributed by atoms with Crippen molar-refractivity contribution in [1.82, 2.24) is 0 Å². The van der Waals surface area contributed by atoms with Crippen LogP contribution in [0.3, 0.4) is 0 Å². The molecule has 3 heteroatoms. The lowest BCUT2D eigenvalue weighted by atomic mass is 9.97. The van der Waals surface area contributed by atoms with Crippen LogP contribution in [-0.2, 0) is 0 Å². The lowest BCUT2D eigenvalue weighted by molar-refractivity contribution is 1.34. The van der Waals surface area contributed by atoms with E-state index >= 15 is 0 Å². The molecule has 2 aliphatic rings. The van der Waals surface area contributed by atoms with Crippen molar-refractivity contribution in [3.05, 3.63) is 157 Å². The molecule has 2 aliphatic heterocycles. The van der Waals surface area contributed by atoms with E-state index in [0.29, 0.717) is 0 Å². The van der Waals surface area contributed by atoms with Crippen molar-refractivity contribution in [2.45, 2.75) is 13.8 Å². The molecule has 0 aliphatic carbocycles. The number of anilines is 4. The summed E-state index contributed by atoms with van der Waals surface area (Å²) >= 11 is 0. The summed E-state index contributed by atoms with van der Waals surface area (Å²) in [5, 5.41) is 8.04. The molecule has 0 aromatic heterocycles. The summed E-state index contributed by atoms with van der Waals surface area (Å²) in [6, 6.07) is 54.7. The smallest absolute Gasteiger partial charge is 0.341 e. The molecule has 204 valence electrons. The Bertz CT molecular complexity index is 2060. The topological polar surface area (TPSA) is 6.48 Å². The predicted molar refractivity (Wildman–Crippen MR) is 185 cm³/mol. The first-order chi connectivity index (χ1) is 21.2. The highest BCUT2D eigenvalue weighted by Crippen LogP contribution is 2.58. The molecule has 0 amide bonds. The first kappa shape index (κ1) is 24.5. The van der Waals surface area contributed by atoms with E-state index in [1.807, 2.05) is 0 Å². The van der Waals surface area contributed by atoms with E-state index in [9.17, 15) is 0 Å². The summed E-state index contributed by atoms with van der Waals surface area (Å²) in [7, 11) is -2.96. The Morgan fingerprint density at radius 1 is 0.372 bits per heavy atom. The molecule has 2 heterocycles. The van der Waals surface area contributed by atoms with Gasteiger partial charge in [-0.1, -0.05) is 132 Å². The summed E-state index contributed by atoms with van der Waals surface area (Å²) in [5.74, 6) is 0. The monoisotopic (exact) mass is 566 g/mol. The van der Waals surface area contributed by atoms with E-state index in [1.54, 1.807) is 0 Å². The van der Waals surface area contributed by atoms with Gasteiger partial charge in [0, 0.05) is 22.1 Å². The molecule has 0 atom stereocenters. The standard InChI is InChI=1S/C40H30N2Si/c1-27-19-23-29(24-20-27)41-39-35-15-5-3-11-31(35)32-12-4-6-16-36(32)40(39)42(30-25-21-28(2)22-26-30)43(41)37-17-9-7-13-33(37)34-14-8-10-18-38(34)43/h3-26H,1-2H3. The highest BCUT2D eigenvalue weighted by atomic mass is 28.3. The molecule has 43 heavy (non-hydrogen) atoms. The number of nitrogens with zero attached hydrogens (tertiary/aromatic N) is 2. The fourth-order valence-corrected chi connectivity index (χ4v) is 13.1. The maximum atomic E-state index is 2.78. The first-order valence-corrected chi connectivity index (χ1v) is 16.9. The van der Waals surface area contributed by atoms with Gasteiger partial charge >= 0.3 is 8.40 Å². The van der Waals surface area contributed by atoms with Crippen LogP contribution in [0, 0.1) is 13.8 Å². The third-order valence-corrected chi connectivity index (χ3v) is 14.1. The Kier molecular flexibility index (Phi) is 5.09. The van der Waals surface area contributed by atoms with Crippen LogP contribution < -0.4 is 19.5 Å². The normalized spacial score (nSPS) is 14.4. The molecule has 0 N–H and O–H groups in total. The average molecular weight is 567 g/mol. The molecule has 7 aromatic carbocycles. The minimum absolute atomic E-state index is 1.24. The Labute approximate surface area is 253 Å². The maximum absolute atomic E-state index is 2.96. The van der Waals surface area contributed by atoms with Gasteiger partial charge in [0.2, 0.25) is 0 Å². The minimum Gasteiger partial charge on any atom is -0.341 e. The van der Waals surface area contributed by atoms with Crippen molar-refractivity contribution < 1.29 is 0 Å². The Balaban J connectivity index is 1.56. The van der Waals surface area contributed by atoms with Crippen molar-refractivity contribution in [3.8, 4) is 11.1 Å². The number of benzene rings is 7. The molecular weight excluding hydrogens is 537 g/mol. The van der Waals surface area contributed by atoms with Gasteiger partial charge in [-0.25, -0.2) is 0 Å². The Morgan fingerprint density at radius 3 is 1.14 bits per heavy atom. The zero-order valence-electron chi connectivity index (χ0n) is 24.3. The fraction of sp³-hybridized carbons (Fsp3) is 0.0500. The number of hydrogen-bond acceptors (Lipinski definition) is 2. The molecule has 0 fully saturated rings. The van der Waals surface area contributed by atoms with Crippen LogP contribution in [0.25, 0.3) is 32.7 Å². The fourth-order valence-electron chi connectivity index (χ4n) is 7.67. The van der Waals surface area contributed by atoms with Crippen LogP contribution in [0.5, 0.6) is 0 Å². The molecule has 7 aromatic rings. The van der Waals surface area contributed by atoms with Crippen LogP contribution in [0.1, 0.15) is 11.1 Å². The second kappa shape index (κ2) is 8.94. The first-order valence-electron chi connectivity index (χ1n) is 15.0. The highest BCUT2D eigenvalue weighted by Gasteiger charge is 2.62. The zero-order chi connectivity index (χ0) is 28.7. The number of fused-ring (bicyclic) bond motifs is 11. The van der Waals surface area contributed by atoms with Gasteiger partial charge in [-0.2, -0.15) is 0 Å². The summed E-state index contributed by atoms with van der Waals surface area (Å²) in [5.41, 5.74) is 10.3. The van der Waals surface area contributed by atoms with Crippen LogP contribution in [-0.4, -0.2) is 8.40 Å². The number of aryl methyl sites for hydroxylation is 2. The van der Waals surface area contributed by atoms with E-state index in [2.05, 4.69) is 169 Å². The largest absolute Gasteiger partial charge is 0.341 e. The third kappa shape index (κ3) is 3.17. The van der Waals surface area contributed by atoms with Crippen LogP contribution in [0.4, 0.5) is 22.7 Å². The van der Waals surface area contributed by atoms with Crippen molar-refractivity contribution in [2.24, 2.45) is 0 Å². The molecule has 0 bridgehead atoms. The summed E-state index contributed by atoms with van der Waals surface area (Å²) in [4.78, 5) is 0. The van der Waals surface area contributed by atoms with E-state index in [0.717, 1.165) is 0 Å². The quantitative estimate of drug-likeness (QED) is 0.152. The molecule has 0 saturated heterocycles. The van der Waals surface area contributed by atoms with Gasteiger partial charge in [-0.3, -0.25) is 0 Å². The highest BCUT2D eigenvalue weighted by molar-refractivity contribution is 7.13. The lowest BCUT2D eigenvalue weighted by Crippen LogP contribution is -2.73. The molecule has 0 radical (unpaired) electrons. The summed E-state index contributed by atoms with van der Waals surface area (Å²) < 4.78 is 5.56. The predicted octanol–water partition coefficient (Wildman–Crippen LogP) is 9.14. The van der Waals surface area contributed by atoms with Crippen molar-refractivity contribution >= 4 is 63.1 Å². The van der Waals surface area contributed by atoms with E-state index < -0.39 is 8.40 Å². The minimum atomic E-state index is -2.96. The summed E-state index contributed by atoms with van der Waals surface area (Å²) in [6.45, 7) is 4.35. The van der Waals surface area contributed by atoms with E-state index in [-0.39, 0.29) is 0 Å². The van der Waals surface area contributed by atoms with Gasteiger partial charge in [-0.05, 0) is 70.4 Å². The second-order valence-electron chi connectivity index (χ2n) is 11.9. The number of hydrogen-bond donors (Lipinski definition) is 0. The molecule has 0 unspecified atom stereocenters. The van der Waals surface area contributed by atoms with Gasteiger partial charge in [0.15, 0.2) is 0 Å². The summed E-state index contributed by atoms with van der Waals surface area (Å²) in [6.07, 6.45) is 0. The van der Waals surface area contributed by atoms with Gasteiger partial charge in [-0.15, -0.1) is 0 Å². The van der Waals surface area contributed by atoms with Gasteiger partial charge in [0.05, 0.1) is 11.4 Å². The molecule has 0 saturated carbocycles. The zero-order valence-corrected chi connectivity index (χ0v) is 25.3. The molecule has 9 rings (SSSR count). The van der Waals surface area contributed by atoms with Crippen LogP contribution in [0.2, 0.25) is 0 Å². The number of rotatable bonds is 2. The van der Waals surface area contributed by atoms with E-state index in [4.69, 9.17) is 0 Å². The van der Waals surface area contributed by atoms with Gasteiger partial charge in [0.1, 0.15) is 0 Å². The molecular formula is C40H30N2Si. The van der Waals surface area contributed by atoms with E-state index in [1.165, 1.54) is 76.9 Å². The average Bonchev–Trinajstić information content (AvgIpc) is 3.53. The Morgan fingerprint density at radius 2 is 0.721 bits per heavy atom. The SMILES string of the molecule is Cc1ccc(N2c3c(c4ccccc4c4ccccc34)N(c3ccc(C)cc3)[Si]23c2ccccc2-c2ccccc23)cc1. The second-order valence-corrected chi connectivity index (χ2v) is 15.2. The molecule has 2 nitrogen and oxygen atoms in total. The third-order valence-electron chi connectivity index (χ3n) is 9.45. The lowest BCUT2D eigenvalue weighted by Gasteiger charge is -2.42. The Hall–Kier alpha value is -5.12. The van der Waals surface area contributed by atoms with Crippen molar-refractivity contribution in [3.63, 3.8) is 0 Å². The maximum Gasteiger partial charge on any atom is 0.341 e. The molecule has 1 spiro atoms. The van der Waals surface area contributed by atoms with Crippen molar-refractivity contribution in [1.29, 1.82) is 0 Å². The van der Waals surface area contributed by atoms with Crippen LogP contribution in [0.15, 0.2) is 146 Å². The van der Waals surface area contributed by atoms with Gasteiger partial charge < -0.3 is 9.13 Å². The van der Waals surface area contributed by atoms with Gasteiger partial charge in [0.25, 0.3) is 0 Å².